The lowest BCUT2D eigenvalue weighted by Gasteiger charge is -1.80. The summed E-state index contributed by atoms with van der Waals surface area (Å²) in [6.45, 7) is 0. The molecule has 10 heavy (non-hydrogen) atoms. The van der Waals surface area contributed by atoms with Gasteiger partial charge in [0.1, 0.15) is 6.07 Å². The van der Waals surface area contributed by atoms with E-state index in [1.54, 1.807) is 22.6 Å². The third kappa shape index (κ3) is 1.27. The molecular weight excluding hydrogens is 361 g/mol. The first kappa shape index (κ1) is 8.26. The van der Waals surface area contributed by atoms with Gasteiger partial charge in [0.15, 0.2) is 0 Å². The number of halogens is 3. The van der Waals surface area contributed by atoms with E-state index in [0.717, 1.165) is 0 Å². The second-order valence-corrected chi connectivity index (χ2v) is 3.71. The molecule has 1 aromatic heterocycles. The highest BCUT2D eigenvalue weighted by molar-refractivity contribution is 14.1. The SMILES string of the molecule is N#Cc1c(I)[nH]c(F)c1I. The molecule has 0 aliphatic rings. The fourth-order valence-electron chi connectivity index (χ4n) is 0.518. The van der Waals surface area contributed by atoms with Crippen molar-refractivity contribution in [2.24, 2.45) is 0 Å². The summed E-state index contributed by atoms with van der Waals surface area (Å²) in [6, 6.07) is 1.90. The minimum Gasteiger partial charge on any atom is -0.325 e. The lowest BCUT2D eigenvalue weighted by molar-refractivity contribution is 0.583. The lowest BCUT2D eigenvalue weighted by atomic mass is 10.4. The van der Waals surface area contributed by atoms with Crippen LogP contribution in [-0.2, 0) is 0 Å². The van der Waals surface area contributed by atoms with E-state index in [9.17, 15) is 4.39 Å². The van der Waals surface area contributed by atoms with Crippen LogP contribution >= 0.6 is 45.2 Å². The smallest absolute Gasteiger partial charge is 0.206 e. The fraction of sp³-hybridized carbons (Fsp3) is 0. The molecule has 0 unspecified atom stereocenters. The fourth-order valence-corrected chi connectivity index (χ4v) is 2.19. The number of aromatic nitrogens is 1. The van der Waals surface area contributed by atoms with Crippen molar-refractivity contribution >= 4 is 45.2 Å². The Hall–Kier alpha value is 0.160. The molecule has 1 aromatic rings. The largest absolute Gasteiger partial charge is 0.325 e. The van der Waals surface area contributed by atoms with Crippen molar-refractivity contribution in [2.75, 3.05) is 0 Å². The first-order valence-electron chi connectivity index (χ1n) is 2.29. The Balaban J connectivity index is 3.37. The Kier molecular flexibility index (Phi) is 2.51. The Morgan fingerprint density at radius 2 is 2.10 bits per heavy atom. The van der Waals surface area contributed by atoms with Crippen LogP contribution in [0.4, 0.5) is 4.39 Å². The molecule has 1 rings (SSSR count). The molecule has 1 N–H and O–H groups in total. The average molecular weight is 362 g/mol. The zero-order valence-electron chi connectivity index (χ0n) is 4.58. The van der Waals surface area contributed by atoms with Gasteiger partial charge in [0.25, 0.3) is 0 Å². The number of nitrogens with zero attached hydrogens (tertiary/aromatic N) is 1. The maximum atomic E-state index is 12.6. The number of rotatable bonds is 0. The van der Waals surface area contributed by atoms with Gasteiger partial charge in [-0.25, -0.2) is 0 Å². The normalized spacial score (nSPS) is 9.40. The molecule has 0 spiro atoms. The van der Waals surface area contributed by atoms with Crippen LogP contribution in [-0.4, -0.2) is 4.98 Å². The van der Waals surface area contributed by atoms with Gasteiger partial charge >= 0.3 is 0 Å². The highest BCUT2D eigenvalue weighted by Crippen LogP contribution is 2.20. The second-order valence-electron chi connectivity index (χ2n) is 1.55. The minimum absolute atomic E-state index is 0.365. The maximum absolute atomic E-state index is 12.6. The molecule has 0 radical (unpaired) electrons. The zero-order valence-corrected chi connectivity index (χ0v) is 8.90. The van der Waals surface area contributed by atoms with Crippen molar-refractivity contribution in [3.8, 4) is 6.07 Å². The Bertz CT molecular complexity index is 299. The summed E-state index contributed by atoms with van der Waals surface area (Å²) >= 11 is 3.68. The van der Waals surface area contributed by atoms with Gasteiger partial charge in [-0.05, 0) is 45.2 Å². The topological polar surface area (TPSA) is 39.6 Å². The molecule has 0 fully saturated rings. The second kappa shape index (κ2) is 3.04. The van der Waals surface area contributed by atoms with Crippen molar-refractivity contribution in [2.45, 2.75) is 0 Å². The van der Waals surface area contributed by atoms with Gasteiger partial charge in [-0.2, -0.15) is 9.65 Å². The number of hydrogen-bond donors (Lipinski definition) is 1. The van der Waals surface area contributed by atoms with E-state index in [2.05, 4.69) is 4.98 Å². The van der Waals surface area contributed by atoms with E-state index < -0.39 is 5.95 Å². The standard InChI is InChI=1S/C5HFI2N2/c6-4-3(7)2(1-9)5(8)10-4/h10H. The summed E-state index contributed by atoms with van der Waals surface area (Å²) in [7, 11) is 0. The molecule has 2 nitrogen and oxygen atoms in total. The molecule has 0 aliphatic heterocycles. The monoisotopic (exact) mass is 362 g/mol. The Morgan fingerprint density at radius 1 is 1.50 bits per heavy atom. The predicted octanol–water partition coefficient (Wildman–Crippen LogP) is 2.23. The predicted molar refractivity (Wildman–Crippen MR) is 50.9 cm³/mol. The third-order valence-electron chi connectivity index (χ3n) is 0.963. The molecule has 5 heteroatoms. The van der Waals surface area contributed by atoms with Crippen LogP contribution in [0.1, 0.15) is 5.56 Å². The molecule has 0 bridgehead atoms. The van der Waals surface area contributed by atoms with E-state index in [1.165, 1.54) is 0 Å². The van der Waals surface area contributed by atoms with Crippen LogP contribution in [0.5, 0.6) is 0 Å². The average Bonchev–Trinajstić information content (AvgIpc) is 2.09. The van der Waals surface area contributed by atoms with Gasteiger partial charge in [-0.15, -0.1) is 0 Å². The molecule has 0 saturated heterocycles. The zero-order chi connectivity index (χ0) is 7.72. The van der Waals surface area contributed by atoms with E-state index >= 15 is 0 Å². The Morgan fingerprint density at radius 3 is 2.30 bits per heavy atom. The van der Waals surface area contributed by atoms with Crippen LogP contribution in [0.15, 0.2) is 0 Å². The summed E-state index contributed by atoms with van der Waals surface area (Å²) in [4.78, 5) is 2.42. The van der Waals surface area contributed by atoms with Gasteiger partial charge in [0.05, 0.1) is 12.8 Å². The molecule has 1 heterocycles. The van der Waals surface area contributed by atoms with Crippen molar-refractivity contribution in [3.05, 3.63) is 18.8 Å². The highest BCUT2D eigenvalue weighted by Gasteiger charge is 2.11. The van der Waals surface area contributed by atoms with Gasteiger partial charge in [-0.1, -0.05) is 0 Å². The number of nitrogens with one attached hydrogen (secondary N) is 1. The van der Waals surface area contributed by atoms with Crippen molar-refractivity contribution in [3.63, 3.8) is 0 Å². The number of aromatic amines is 1. The first-order chi connectivity index (χ1) is 4.66. The third-order valence-corrected chi connectivity index (χ3v) is 2.78. The molecule has 0 aromatic carbocycles. The highest BCUT2D eigenvalue weighted by atomic mass is 127. The van der Waals surface area contributed by atoms with Crippen LogP contribution in [0.2, 0.25) is 0 Å². The quantitative estimate of drug-likeness (QED) is 0.707. The van der Waals surface area contributed by atoms with Gasteiger partial charge in [-0.3, -0.25) is 0 Å². The van der Waals surface area contributed by atoms with Gasteiger partial charge in [0, 0.05) is 0 Å². The van der Waals surface area contributed by atoms with Crippen molar-refractivity contribution < 1.29 is 4.39 Å². The molecule has 0 amide bonds. The van der Waals surface area contributed by atoms with E-state index in [1.807, 2.05) is 28.7 Å². The first-order valence-corrected chi connectivity index (χ1v) is 4.45. The minimum atomic E-state index is -0.429. The van der Waals surface area contributed by atoms with Crippen molar-refractivity contribution in [1.82, 2.24) is 4.98 Å². The Labute approximate surface area is 84.1 Å². The molecule has 0 saturated carbocycles. The molecule has 0 aliphatic carbocycles. The summed E-state index contributed by atoms with van der Waals surface area (Å²) in [6.07, 6.45) is 0. The van der Waals surface area contributed by atoms with E-state index in [0.29, 0.717) is 12.8 Å². The molecule has 0 atom stereocenters. The summed E-state index contributed by atoms with van der Waals surface area (Å²) in [5, 5.41) is 8.47. The van der Waals surface area contributed by atoms with Crippen LogP contribution < -0.4 is 0 Å². The molecule has 52 valence electrons. The van der Waals surface area contributed by atoms with Gasteiger partial charge < -0.3 is 4.98 Å². The number of hydrogen-bond acceptors (Lipinski definition) is 1. The van der Waals surface area contributed by atoms with E-state index in [-0.39, 0.29) is 0 Å². The number of H-pyrrole nitrogens is 1. The number of nitriles is 1. The summed E-state index contributed by atoms with van der Waals surface area (Å²) in [5.41, 5.74) is 0.388. The van der Waals surface area contributed by atoms with Gasteiger partial charge in [0.2, 0.25) is 5.95 Å². The summed E-state index contributed by atoms with van der Waals surface area (Å²) < 4.78 is 13.5. The lowest BCUT2D eigenvalue weighted by Crippen LogP contribution is -1.76. The maximum Gasteiger partial charge on any atom is 0.206 e. The van der Waals surface area contributed by atoms with E-state index in [4.69, 9.17) is 5.26 Å². The van der Waals surface area contributed by atoms with Crippen molar-refractivity contribution in [1.29, 1.82) is 5.26 Å². The summed E-state index contributed by atoms with van der Waals surface area (Å²) in [5.74, 6) is -0.429. The molecular formula is C5HFI2N2. The van der Waals surface area contributed by atoms with Crippen LogP contribution in [0.25, 0.3) is 0 Å². The van der Waals surface area contributed by atoms with Crippen LogP contribution in [0.3, 0.4) is 0 Å². The van der Waals surface area contributed by atoms with Crippen LogP contribution in [0, 0.1) is 24.5 Å².